The first-order valence-corrected chi connectivity index (χ1v) is 10.2. The third kappa shape index (κ3) is 3.91. The van der Waals surface area contributed by atoms with E-state index in [1.807, 2.05) is 11.4 Å². The minimum absolute atomic E-state index is 0.344. The predicted octanol–water partition coefficient (Wildman–Crippen LogP) is 2.57. The van der Waals surface area contributed by atoms with Gasteiger partial charge in [-0.05, 0) is 31.4 Å². The van der Waals surface area contributed by atoms with Crippen molar-refractivity contribution in [2.75, 3.05) is 24.5 Å². The standard InChI is InChI=1S/C16H21N3O2S2/c1-13-6-2-3-7-15(13)23(20,21)17-9-8-14-12-22-16(18-14)19-10-4-5-11-19/h2-3,6-7,12,17H,4-5,8-11H2,1H3. The van der Waals surface area contributed by atoms with Crippen molar-refractivity contribution < 1.29 is 8.42 Å². The second-order valence-corrected chi connectivity index (χ2v) is 8.30. The molecule has 2 heterocycles. The van der Waals surface area contributed by atoms with Gasteiger partial charge in [-0.1, -0.05) is 18.2 Å². The molecule has 3 rings (SSSR count). The van der Waals surface area contributed by atoms with Crippen LogP contribution in [0.5, 0.6) is 0 Å². The van der Waals surface area contributed by atoms with Crippen LogP contribution in [-0.4, -0.2) is 33.0 Å². The number of rotatable bonds is 6. The maximum absolute atomic E-state index is 12.3. The van der Waals surface area contributed by atoms with Crippen LogP contribution in [0, 0.1) is 6.92 Å². The van der Waals surface area contributed by atoms with Crippen LogP contribution in [0.1, 0.15) is 24.1 Å². The van der Waals surface area contributed by atoms with E-state index < -0.39 is 10.0 Å². The summed E-state index contributed by atoms with van der Waals surface area (Å²) >= 11 is 1.64. The second-order valence-electron chi connectivity index (χ2n) is 5.73. The molecule has 2 aromatic rings. The van der Waals surface area contributed by atoms with Gasteiger partial charge in [0, 0.05) is 31.4 Å². The van der Waals surface area contributed by atoms with Gasteiger partial charge in [0.25, 0.3) is 0 Å². The van der Waals surface area contributed by atoms with Crippen LogP contribution < -0.4 is 9.62 Å². The summed E-state index contributed by atoms with van der Waals surface area (Å²) < 4.78 is 27.3. The quantitative estimate of drug-likeness (QED) is 0.869. The van der Waals surface area contributed by atoms with E-state index in [4.69, 9.17) is 0 Å². The Bertz CT molecular complexity index is 765. The maximum Gasteiger partial charge on any atom is 0.240 e. The molecule has 0 spiro atoms. The van der Waals surface area contributed by atoms with E-state index in [1.165, 1.54) is 12.8 Å². The summed E-state index contributed by atoms with van der Waals surface area (Å²) in [5.74, 6) is 0. The Labute approximate surface area is 141 Å². The molecule has 23 heavy (non-hydrogen) atoms. The van der Waals surface area contributed by atoms with E-state index in [0.717, 1.165) is 29.5 Å². The van der Waals surface area contributed by atoms with Crippen molar-refractivity contribution in [1.82, 2.24) is 9.71 Å². The molecule has 0 bridgehead atoms. The minimum Gasteiger partial charge on any atom is -0.348 e. The molecule has 0 aliphatic carbocycles. The fraction of sp³-hybridized carbons (Fsp3) is 0.438. The molecule has 1 aromatic carbocycles. The molecule has 1 N–H and O–H groups in total. The van der Waals surface area contributed by atoms with Gasteiger partial charge >= 0.3 is 0 Å². The molecule has 1 aliphatic rings. The van der Waals surface area contributed by atoms with Crippen LogP contribution in [0.15, 0.2) is 34.5 Å². The number of aryl methyl sites for hydroxylation is 1. The first-order valence-electron chi connectivity index (χ1n) is 7.81. The van der Waals surface area contributed by atoms with Crippen molar-refractivity contribution in [3.63, 3.8) is 0 Å². The average Bonchev–Trinajstić information content (AvgIpc) is 3.18. The van der Waals surface area contributed by atoms with Gasteiger partial charge in [0.15, 0.2) is 5.13 Å². The molecule has 1 saturated heterocycles. The van der Waals surface area contributed by atoms with Crippen LogP contribution in [0.4, 0.5) is 5.13 Å². The maximum atomic E-state index is 12.3. The molecular formula is C16H21N3O2S2. The number of nitrogens with zero attached hydrogens (tertiary/aromatic N) is 2. The Morgan fingerprint density at radius 1 is 1.26 bits per heavy atom. The lowest BCUT2D eigenvalue weighted by atomic mass is 10.2. The predicted molar refractivity (Wildman–Crippen MR) is 93.6 cm³/mol. The summed E-state index contributed by atoms with van der Waals surface area (Å²) in [6, 6.07) is 7.01. The summed E-state index contributed by atoms with van der Waals surface area (Å²) in [6.45, 7) is 4.32. The summed E-state index contributed by atoms with van der Waals surface area (Å²) in [4.78, 5) is 7.25. The van der Waals surface area contributed by atoms with E-state index in [9.17, 15) is 8.42 Å². The molecule has 5 nitrogen and oxygen atoms in total. The van der Waals surface area contributed by atoms with Crippen LogP contribution >= 0.6 is 11.3 Å². The van der Waals surface area contributed by atoms with E-state index >= 15 is 0 Å². The summed E-state index contributed by atoms with van der Waals surface area (Å²) in [6.07, 6.45) is 3.06. The third-order valence-corrected chi connectivity index (χ3v) is 6.54. The van der Waals surface area contributed by atoms with Crippen molar-refractivity contribution in [2.45, 2.75) is 31.1 Å². The Hall–Kier alpha value is -1.44. The smallest absolute Gasteiger partial charge is 0.240 e. The third-order valence-electron chi connectivity index (χ3n) is 3.97. The molecule has 1 aromatic heterocycles. The molecule has 0 saturated carbocycles. The fourth-order valence-corrected chi connectivity index (χ4v) is 4.90. The highest BCUT2D eigenvalue weighted by Crippen LogP contribution is 2.24. The molecule has 0 unspecified atom stereocenters. The number of aromatic nitrogens is 1. The van der Waals surface area contributed by atoms with Crippen molar-refractivity contribution in [3.8, 4) is 0 Å². The highest BCUT2D eigenvalue weighted by atomic mass is 32.2. The molecular weight excluding hydrogens is 330 g/mol. The zero-order chi connectivity index (χ0) is 16.3. The molecule has 7 heteroatoms. The summed E-state index contributed by atoms with van der Waals surface area (Å²) in [5.41, 5.74) is 1.70. The highest BCUT2D eigenvalue weighted by Gasteiger charge is 2.17. The van der Waals surface area contributed by atoms with Crippen molar-refractivity contribution >= 4 is 26.5 Å². The highest BCUT2D eigenvalue weighted by molar-refractivity contribution is 7.89. The van der Waals surface area contributed by atoms with Gasteiger partial charge in [-0.15, -0.1) is 11.3 Å². The molecule has 1 aliphatic heterocycles. The largest absolute Gasteiger partial charge is 0.348 e. The number of benzene rings is 1. The monoisotopic (exact) mass is 351 g/mol. The van der Waals surface area contributed by atoms with E-state index in [0.29, 0.717) is 17.9 Å². The first kappa shape index (κ1) is 16.4. The molecule has 0 atom stereocenters. The lowest BCUT2D eigenvalue weighted by Gasteiger charge is -2.12. The van der Waals surface area contributed by atoms with Gasteiger partial charge < -0.3 is 4.90 Å². The van der Waals surface area contributed by atoms with Crippen molar-refractivity contribution in [2.24, 2.45) is 0 Å². The van der Waals surface area contributed by atoms with Gasteiger partial charge in [-0.3, -0.25) is 0 Å². The average molecular weight is 351 g/mol. The van der Waals surface area contributed by atoms with Gasteiger partial charge in [0.2, 0.25) is 10.0 Å². The van der Waals surface area contributed by atoms with E-state index in [1.54, 1.807) is 36.5 Å². The van der Waals surface area contributed by atoms with Gasteiger partial charge in [-0.25, -0.2) is 18.1 Å². The lowest BCUT2D eigenvalue weighted by Crippen LogP contribution is -2.26. The van der Waals surface area contributed by atoms with Crippen LogP contribution in [0.3, 0.4) is 0 Å². The van der Waals surface area contributed by atoms with Gasteiger partial charge in [-0.2, -0.15) is 0 Å². The zero-order valence-corrected chi connectivity index (χ0v) is 14.8. The molecule has 0 radical (unpaired) electrons. The Kier molecular flexibility index (Phi) is 4.99. The van der Waals surface area contributed by atoms with E-state index in [-0.39, 0.29) is 0 Å². The molecule has 1 fully saturated rings. The zero-order valence-electron chi connectivity index (χ0n) is 13.2. The first-order chi connectivity index (χ1) is 11.1. The van der Waals surface area contributed by atoms with Crippen molar-refractivity contribution in [3.05, 3.63) is 40.9 Å². The lowest BCUT2D eigenvalue weighted by molar-refractivity contribution is 0.581. The fourth-order valence-electron chi connectivity index (χ4n) is 2.71. The summed E-state index contributed by atoms with van der Waals surface area (Å²) in [7, 11) is -3.45. The number of sulfonamides is 1. The van der Waals surface area contributed by atoms with Crippen molar-refractivity contribution in [1.29, 1.82) is 0 Å². The Morgan fingerprint density at radius 2 is 2.00 bits per heavy atom. The minimum atomic E-state index is -3.45. The number of thiazole rings is 1. The van der Waals surface area contributed by atoms with Crippen LogP contribution in [0.25, 0.3) is 0 Å². The van der Waals surface area contributed by atoms with Crippen LogP contribution in [0.2, 0.25) is 0 Å². The summed E-state index contributed by atoms with van der Waals surface area (Å²) in [5, 5.41) is 3.08. The number of hydrogen-bond acceptors (Lipinski definition) is 5. The molecule has 124 valence electrons. The number of nitrogens with one attached hydrogen (secondary N) is 1. The second kappa shape index (κ2) is 6.98. The number of anilines is 1. The van der Waals surface area contributed by atoms with Gasteiger partial charge in [0.1, 0.15) is 0 Å². The Balaban J connectivity index is 1.58. The molecule has 0 amide bonds. The topological polar surface area (TPSA) is 62.3 Å². The number of hydrogen-bond donors (Lipinski definition) is 1. The Morgan fingerprint density at radius 3 is 2.74 bits per heavy atom. The SMILES string of the molecule is Cc1ccccc1S(=O)(=O)NCCc1csc(N2CCCC2)n1. The van der Waals surface area contributed by atoms with E-state index in [2.05, 4.69) is 14.6 Å². The van der Waals surface area contributed by atoms with Crippen LogP contribution in [-0.2, 0) is 16.4 Å². The normalized spacial score (nSPS) is 15.3. The van der Waals surface area contributed by atoms with Gasteiger partial charge in [0.05, 0.1) is 10.6 Å².